The quantitative estimate of drug-likeness (QED) is 0.781. The predicted molar refractivity (Wildman–Crippen MR) is 69.3 cm³/mol. The molecule has 0 spiro atoms. The van der Waals surface area contributed by atoms with Crippen LogP contribution in [0, 0.1) is 0 Å². The van der Waals surface area contributed by atoms with Gasteiger partial charge >= 0.3 is 5.97 Å². The van der Waals surface area contributed by atoms with Crippen LogP contribution >= 0.6 is 0 Å². The molecule has 2 rings (SSSR count). The molecular weight excluding hydrogens is 246 g/mol. The van der Waals surface area contributed by atoms with Gasteiger partial charge < -0.3 is 10.4 Å². The zero-order chi connectivity index (χ0) is 13.8. The lowest BCUT2D eigenvalue weighted by Crippen LogP contribution is -2.14. The zero-order valence-corrected chi connectivity index (χ0v) is 10.3. The maximum atomic E-state index is 11.8. The van der Waals surface area contributed by atoms with Crippen molar-refractivity contribution >= 4 is 17.6 Å². The summed E-state index contributed by atoms with van der Waals surface area (Å²) in [5, 5.41) is 17.9. The Morgan fingerprint density at radius 1 is 1.42 bits per heavy atom. The van der Waals surface area contributed by atoms with E-state index in [1.807, 2.05) is 6.92 Å². The number of nitrogens with zero attached hydrogens (tertiary/aromatic N) is 1. The molecule has 0 aliphatic carbocycles. The Labute approximate surface area is 109 Å². The molecule has 98 valence electrons. The standard InChI is InChI=1S/C13H13N3O3/c1-2-8-3-4-11(10(5-8)13(18)19)16-12(17)9-6-14-15-7-9/h3-7H,2H2,1H3,(H,14,15)(H,16,17)(H,18,19). The Balaban J connectivity index is 2.29. The van der Waals surface area contributed by atoms with Crippen LogP contribution in [0.15, 0.2) is 30.6 Å². The van der Waals surface area contributed by atoms with Gasteiger partial charge in [-0.2, -0.15) is 5.10 Å². The number of benzene rings is 1. The maximum Gasteiger partial charge on any atom is 0.337 e. The van der Waals surface area contributed by atoms with Crippen molar-refractivity contribution in [1.82, 2.24) is 10.2 Å². The first-order valence-corrected chi connectivity index (χ1v) is 5.78. The van der Waals surface area contributed by atoms with Gasteiger partial charge in [0, 0.05) is 6.20 Å². The lowest BCUT2D eigenvalue weighted by atomic mass is 10.1. The van der Waals surface area contributed by atoms with E-state index in [-0.39, 0.29) is 11.3 Å². The molecule has 1 amide bonds. The molecule has 0 atom stereocenters. The molecular formula is C13H13N3O3. The first kappa shape index (κ1) is 12.8. The number of aryl methyl sites for hydroxylation is 1. The monoisotopic (exact) mass is 259 g/mol. The normalized spacial score (nSPS) is 10.2. The number of hydrogen-bond acceptors (Lipinski definition) is 3. The van der Waals surface area contributed by atoms with Crippen LogP contribution in [-0.2, 0) is 6.42 Å². The summed E-state index contributed by atoms with van der Waals surface area (Å²) in [6.07, 6.45) is 3.54. The molecule has 1 aromatic heterocycles. The number of rotatable bonds is 4. The number of carbonyl (C=O) groups is 2. The van der Waals surface area contributed by atoms with E-state index in [1.165, 1.54) is 12.4 Å². The van der Waals surface area contributed by atoms with Gasteiger partial charge in [0.25, 0.3) is 5.91 Å². The van der Waals surface area contributed by atoms with Crippen LogP contribution in [0.2, 0.25) is 0 Å². The summed E-state index contributed by atoms with van der Waals surface area (Å²) in [6.45, 7) is 1.94. The second-order valence-electron chi connectivity index (χ2n) is 3.98. The Morgan fingerprint density at radius 3 is 2.79 bits per heavy atom. The number of hydrogen-bond donors (Lipinski definition) is 3. The summed E-state index contributed by atoms with van der Waals surface area (Å²) in [6, 6.07) is 4.95. The number of nitrogens with one attached hydrogen (secondary N) is 2. The molecule has 0 radical (unpaired) electrons. The van der Waals surface area contributed by atoms with Gasteiger partial charge in [0.05, 0.1) is 23.0 Å². The third kappa shape index (κ3) is 2.79. The molecule has 0 aliphatic rings. The van der Waals surface area contributed by atoms with E-state index < -0.39 is 11.9 Å². The smallest absolute Gasteiger partial charge is 0.337 e. The maximum absolute atomic E-state index is 11.8. The van der Waals surface area contributed by atoms with E-state index in [4.69, 9.17) is 5.11 Å². The summed E-state index contributed by atoms with van der Waals surface area (Å²) in [7, 11) is 0. The highest BCUT2D eigenvalue weighted by Crippen LogP contribution is 2.19. The van der Waals surface area contributed by atoms with Gasteiger partial charge in [-0.15, -0.1) is 0 Å². The molecule has 19 heavy (non-hydrogen) atoms. The summed E-state index contributed by atoms with van der Waals surface area (Å²) < 4.78 is 0. The molecule has 0 aliphatic heterocycles. The van der Waals surface area contributed by atoms with Crippen molar-refractivity contribution in [2.75, 3.05) is 5.32 Å². The second kappa shape index (κ2) is 5.34. The van der Waals surface area contributed by atoms with E-state index in [0.29, 0.717) is 5.56 Å². The minimum atomic E-state index is -1.07. The van der Waals surface area contributed by atoms with Crippen LogP contribution < -0.4 is 5.32 Å². The van der Waals surface area contributed by atoms with Crippen LogP contribution in [0.5, 0.6) is 0 Å². The largest absolute Gasteiger partial charge is 0.478 e. The fourth-order valence-corrected chi connectivity index (χ4v) is 1.67. The van der Waals surface area contributed by atoms with Crippen molar-refractivity contribution in [2.45, 2.75) is 13.3 Å². The highest BCUT2D eigenvalue weighted by Gasteiger charge is 2.14. The van der Waals surface area contributed by atoms with Gasteiger partial charge in [0.2, 0.25) is 0 Å². The van der Waals surface area contributed by atoms with Gasteiger partial charge in [0.15, 0.2) is 0 Å². The molecule has 6 heteroatoms. The molecule has 1 aromatic carbocycles. The minimum Gasteiger partial charge on any atom is -0.478 e. The number of anilines is 1. The van der Waals surface area contributed by atoms with Crippen LogP contribution in [0.3, 0.4) is 0 Å². The molecule has 0 unspecified atom stereocenters. The molecule has 0 saturated carbocycles. The van der Waals surface area contributed by atoms with Crippen molar-refractivity contribution in [3.63, 3.8) is 0 Å². The summed E-state index contributed by atoms with van der Waals surface area (Å²) in [5.74, 6) is -1.47. The van der Waals surface area contributed by atoms with Crippen molar-refractivity contribution in [2.24, 2.45) is 0 Å². The fraction of sp³-hybridized carbons (Fsp3) is 0.154. The lowest BCUT2D eigenvalue weighted by Gasteiger charge is -2.09. The van der Waals surface area contributed by atoms with Crippen molar-refractivity contribution in [1.29, 1.82) is 0 Å². The number of aromatic carboxylic acids is 1. The zero-order valence-electron chi connectivity index (χ0n) is 10.3. The topological polar surface area (TPSA) is 95.1 Å². The third-order valence-corrected chi connectivity index (χ3v) is 2.73. The predicted octanol–water partition coefficient (Wildman–Crippen LogP) is 1.92. The average Bonchev–Trinajstić information content (AvgIpc) is 2.92. The Bertz CT molecular complexity index is 606. The van der Waals surface area contributed by atoms with Gasteiger partial charge in [-0.1, -0.05) is 13.0 Å². The first-order chi connectivity index (χ1) is 9.11. The molecule has 6 nitrogen and oxygen atoms in total. The van der Waals surface area contributed by atoms with Crippen LogP contribution in [-0.4, -0.2) is 27.2 Å². The first-order valence-electron chi connectivity index (χ1n) is 5.78. The Kier molecular flexibility index (Phi) is 3.61. The molecule has 3 N–H and O–H groups in total. The summed E-state index contributed by atoms with van der Waals surface area (Å²) in [5.41, 5.74) is 1.60. The summed E-state index contributed by atoms with van der Waals surface area (Å²) in [4.78, 5) is 23.0. The molecule has 0 fully saturated rings. The number of carboxylic acid groups (broad SMARTS) is 1. The number of carbonyl (C=O) groups excluding carboxylic acids is 1. The van der Waals surface area contributed by atoms with Gasteiger partial charge in [0.1, 0.15) is 0 Å². The molecule has 0 saturated heterocycles. The Hall–Kier alpha value is -2.63. The van der Waals surface area contributed by atoms with E-state index >= 15 is 0 Å². The van der Waals surface area contributed by atoms with Crippen LogP contribution in [0.25, 0.3) is 0 Å². The number of aromatic nitrogens is 2. The molecule has 0 bridgehead atoms. The number of aromatic amines is 1. The van der Waals surface area contributed by atoms with Gasteiger partial charge in [-0.25, -0.2) is 4.79 Å². The van der Waals surface area contributed by atoms with E-state index in [2.05, 4.69) is 15.5 Å². The Morgan fingerprint density at radius 2 is 2.21 bits per heavy atom. The van der Waals surface area contributed by atoms with Gasteiger partial charge in [-0.3, -0.25) is 9.89 Å². The number of carboxylic acids is 1. The van der Waals surface area contributed by atoms with E-state index in [0.717, 1.165) is 12.0 Å². The summed E-state index contributed by atoms with van der Waals surface area (Å²) >= 11 is 0. The second-order valence-corrected chi connectivity index (χ2v) is 3.98. The SMILES string of the molecule is CCc1ccc(NC(=O)c2cn[nH]c2)c(C(=O)O)c1. The third-order valence-electron chi connectivity index (χ3n) is 2.73. The minimum absolute atomic E-state index is 0.0798. The molecule has 1 heterocycles. The van der Waals surface area contributed by atoms with Gasteiger partial charge in [-0.05, 0) is 24.1 Å². The average molecular weight is 259 g/mol. The van der Waals surface area contributed by atoms with Crippen molar-refractivity contribution in [3.8, 4) is 0 Å². The van der Waals surface area contributed by atoms with Crippen LogP contribution in [0.4, 0.5) is 5.69 Å². The highest BCUT2D eigenvalue weighted by atomic mass is 16.4. The molecule has 2 aromatic rings. The van der Waals surface area contributed by atoms with E-state index in [1.54, 1.807) is 18.2 Å². The number of H-pyrrole nitrogens is 1. The lowest BCUT2D eigenvalue weighted by molar-refractivity contribution is 0.0698. The van der Waals surface area contributed by atoms with E-state index in [9.17, 15) is 9.59 Å². The highest BCUT2D eigenvalue weighted by molar-refractivity contribution is 6.07. The van der Waals surface area contributed by atoms with Crippen molar-refractivity contribution < 1.29 is 14.7 Å². The number of amides is 1. The van der Waals surface area contributed by atoms with Crippen molar-refractivity contribution in [3.05, 3.63) is 47.3 Å². The fourth-order valence-electron chi connectivity index (χ4n) is 1.67. The van der Waals surface area contributed by atoms with Crippen LogP contribution in [0.1, 0.15) is 33.2 Å².